The first-order valence-electron chi connectivity index (χ1n) is 10.1. The molecule has 3 rings (SSSR count). The molecule has 31 heavy (non-hydrogen) atoms. The zero-order valence-electron chi connectivity index (χ0n) is 18.5. The molecule has 0 atom stereocenters. The van der Waals surface area contributed by atoms with Crippen molar-refractivity contribution in [2.45, 2.75) is 26.9 Å². The van der Waals surface area contributed by atoms with Crippen LogP contribution >= 0.6 is 0 Å². The van der Waals surface area contributed by atoms with Crippen LogP contribution in [0.5, 0.6) is 11.5 Å². The van der Waals surface area contributed by atoms with E-state index in [1.165, 1.54) is 12.0 Å². The molecular formula is C24H28N2O5. The number of methoxy groups -OCH3 is 2. The van der Waals surface area contributed by atoms with E-state index in [1.807, 2.05) is 45.0 Å². The molecule has 0 bridgehead atoms. The molecule has 0 saturated heterocycles. The van der Waals surface area contributed by atoms with Gasteiger partial charge in [0.1, 0.15) is 17.2 Å². The van der Waals surface area contributed by atoms with Gasteiger partial charge in [0.25, 0.3) is 11.8 Å². The molecule has 7 nitrogen and oxygen atoms in total. The molecule has 1 heterocycles. The minimum Gasteiger partial charge on any atom is -0.496 e. The molecule has 164 valence electrons. The lowest BCUT2D eigenvalue weighted by Crippen LogP contribution is -2.35. The highest BCUT2D eigenvalue weighted by Gasteiger charge is 2.40. The summed E-state index contributed by atoms with van der Waals surface area (Å²) in [6.45, 7) is 6.17. The highest BCUT2D eigenvalue weighted by Crippen LogP contribution is 2.36. The molecular weight excluding hydrogens is 396 g/mol. The standard InChI is InChI=1S/C24H28N2O5/c1-15(2)31-13-12-26-23(27)21(17-8-6-7-9-19(17)29-4)22(24(26)28)25-18-14-16(3)10-11-20(18)30-5/h6-11,14-15,25H,12-13H2,1-5H3. The lowest BCUT2D eigenvalue weighted by atomic mass is 10.0. The highest BCUT2D eigenvalue weighted by molar-refractivity contribution is 6.37. The Morgan fingerprint density at radius 2 is 1.68 bits per heavy atom. The van der Waals surface area contributed by atoms with Crippen LogP contribution in [-0.2, 0) is 14.3 Å². The Morgan fingerprint density at radius 1 is 0.968 bits per heavy atom. The van der Waals surface area contributed by atoms with Crippen molar-refractivity contribution in [1.29, 1.82) is 0 Å². The topological polar surface area (TPSA) is 77.1 Å². The lowest BCUT2D eigenvalue weighted by molar-refractivity contribution is -0.137. The first-order valence-corrected chi connectivity index (χ1v) is 10.1. The second kappa shape index (κ2) is 9.66. The Bertz CT molecular complexity index is 1010. The fraction of sp³-hybridized carbons (Fsp3) is 0.333. The van der Waals surface area contributed by atoms with Crippen LogP contribution < -0.4 is 14.8 Å². The average Bonchev–Trinajstić information content (AvgIpc) is 2.97. The predicted octanol–water partition coefficient (Wildman–Crippen LogP) is 3.63. The van der Waals surface area contributed by atoms with Gasteiger partial charge in [0.2, 0.25) is 0 Å². The molecule has 2 aromatic rings. The van der Waals surface area contributed by atoms with E-state index in [-0.39, 0.29) is 30.5 Å². The van der Waals surface area contributed by atoms with Gasteiger partial charge in [0.05, 0.1) is 44.7 Å². The van der Waals surface area contributed by atoms with Gasteiger partial charge < -0.3 is 19.5 Å². The molecule has 1 aliphatic heterocycles. The van der Waals surface area contributed by atoms with Gasteiger partial charge in [-0.3, -0.25) is 14.5 Å². The van der Waals surface area contributed by atoms with E-state index < -0.39 is 11.8 Å². The van der Waals surface area contributed by atoms with Crippen LogP contribution in [0.1, 0.15) is 25.0 Å². The zero-order chi connectivity index (χ0) is 22.5. The molecule has 1 N–H and O–H groups in total. The van der Waals surface area contributed by atoms with E-state index in [1.54, 1.807) is 25.3 Å². The number of carbonyl (C=O) groups excluding carboxylic acids is 2. The van der Waals surface area contributed by atoms with E-state index in [2.05, 4.69) is 5.32 Å². The van der Waals surface area contributed by atoms with Crippen LogP contribution in [0.25, 0.3) is 5.57 Å². The monoisotopic (exact) mass is 424 g/mol. The largest absolute Gasteiger partial charge is 0.496 e. The summed E-state index contributed by atoms with van der Waals surface area (Å²) in [5.41, 5.74) is 2.58. The normalized spacial score (nSPS) is 13.9. The fourth-order valence-electron chi connectivity index (χ4n) is 3.43. The van der Waals surface area contributed by atoms with Crippen molar-refractivity contribution in [1.82, 2.24) is 4.90 Å². The molecule has 2 amide bonds. The minimum atomic E-state index is -0.415. The first kappa shape index (κ1) is 22.4. The number of ether oxygens (including phenoxy) is 3. The maximum atomic E-state index is 13.3. The number of nitrogens with zero attached hydrogens (tertiary/aromatic N) is 1. The number of hydrogen-bond donors (Lipinski definition) is 1. The van der Waals surface area contributed by atoms with Gasteiger partial charge in [0.15, 0.2) is 0 Å². The van der Waals surface area contributed by atoms with Crippen molar-refractivity contribution in [3.63, 3.8) is 0 Å². The summed E-state index contributed by atoms with van der Waals surface area (Å²) in [6, 6.07) is 12.7. The van der Waals surface area contributed by atoms with Crippen LogP contribution in [0.15, 0.2) is 48.2 Å². The molecule has 0 spiro atoms. The van der Waals surface area contributed by atoms with Crippen molar-refractivity contribution in [2.75, 3.05) is 32.7 Å². The maximum Gasteiger partial charge on any atom is 0.278 e. The highest BCUT2D eigenvalue weighted by atomic mass is 16.5. The van der Waals surface area contributed by atoms with Gasteiger partial charge in [-0.2, -0.15) is 0 Å². The third-order valence-corrected chi connectivity index (χ3v) is 4.93. The molecule has 0 radical (unpaired) electrons. The third kappa shape index (κ3) is 4.72. The van der Waals surface area contributed by atoms with Crippen molar-refractivity contribution < 1.29 is 23.8 Å². The molecule has 1 aliphatic rings. The number of aryl methyl sites for hydroxylation is 1. The second-order valence-electron chi connectivity index (χ2n) is 7.46. The summed E-state index contributed by atoms with van der Waals surface area (Å²) in [5.74, 6) is 0.270. The van der Waals surface area contributed by atoms with E-state index >= 15 is 0 Å². The predicted molar refractivity (Wildman–Crippen MR) is 119 cm³/mol. The summed E-state index contributed by atoms with van der Waals surface area (Å²) in [6.07, 6.45) is 0.00334. The molecule has 0 aromatic heterocycles. The first-order chi connectivity index (χ1) is 14.9. The van der Waals surface area contributed by atoms with Crippen LogP contribution in [0.4, 0.5) is 5.69 Å². The van der Waals surface area contributed by atoms with Gasteiger partial charge in [-0.25, -0.2) is 0 Å². The summed E-state index contributed by atoms with van der Waals surface area (Å²) < 4.78 is 16.5. The van der Waals surface area contributed by atoms with Crippen LogP contribution in [0.2, 0.25) is 0 Å². The molecule has 0 fully saturated rings. The molecule has 0 aliphatic carbocycles. The quantitative estimate of drug-likeness (QED) is 0.620. The number of amides is 2. The number of imide groups is 1. The van der Waals surface area contributed by atoms with E-state index in [9.17, 15) is 9.59 Å². The number of benzene rings is 2. The van der Waals surface area contributed by atoms with Gasteiger partial charge >= 0.3 is 0 Å². The fourth-order valence-corrected chi connectivity index (χ4v) is 3.43. The van der Waals surface area contributed by atoms with Gasteiger partial charge in [-0.15, -0.1) is 0 Å². The number of rotatable bonds is 9. The molecule has 7 heteroatoms. The summed E-state index contributed by atoms with van der Waals surface area (Å²) >= 11 is 0. The zero-order valence-corrected chi connectivity index (χ0v) is 18.5. The number of anilines is 1. The SMILES string of the molecule is COc1ccc(C)cc1NC1=C(c2ccccc2OC)C(=O)N(CCOC(C)C)C1=O. The van der Waals surface area contributed by atoms with Crippen molar-refractivity contribution in [2.24, 2.45) is 0 Å². The Balaban J connectivity index is 2.07. The van der Waals surface area contributed by atoms with E-state index in [4.69, 9.17) is 14.2 Å². The molecule has 0 unspecified atom stereocenters. The van der Waals surface area contributed by atoms with Crippen LogP contribution in [-0.4, -0.2) is 50.2 Å². The lowest BCUT2D eigenvalue weighted by Gasteiger charge is -2.17. The van der Waals surface area contributed by atoms with Crippen molar-refractivity contribution in [3.05, 3.63) is 59.3 Å². The molecule has 0 saturated carbocycles. The van der Waals surface area contributed by atoms with Crippen molar-refractivity contribution >= 4 is 23.1 Å². The maximum absolute atomic E-state index is 13.3. The second-order valence-corrected chi connectivity index (χ2v) is 7.46. The smallest absolute Gasteiger partial charge is 0.278 e. The van der Waals surface area contributed by atoms with E-state index in [0.717, 1.165) is 5.56 Å². The summed E-state index contributed by atoms with van der Waals surface area (Å²) in [5, 5.41) is 3.16. The average molecular weight is 424 g/mol. The van der Waals surface area contributed by atoms with E-state index in [0.29, 0.717) is 22.7 Å². The summed E-state index contributed by atoms with van der Waals surface area (Å²) in [4.78, 5) is 27.9. The Hall–Kier alpha value is -3.32. The Morgan fingerprint density at radius 3 is 2.35 bits per heavy atom. The number of nitrogens with one attached hydrogen (secondary N) is 1. The minimum absolute atomic E-state index is 0.00334. The van der Waals surface area contributed by atoms with Gasteiger partial charge in [0, 0.05) is 5.56 Å². The van der Waals surface area contributed by atoms with Crippen LogP contribution in [0, 0.1) is 6.92 Å². The Kier molecular flexibility index (Phi) is 6.97. The number of para-hydroxylation sites is 1. The number of carbonyl (C=O) groups is 2. The van der Waals surface area contributed by atoms with Gasteiger partial charge in [-0.05, 0) is 44.5 Å². The Labute approximate surface area is 182 Å². The molecule has 2 aromatic carbocycles. The summed E-state index contributed by atoms with van der Waals surface area (Å²) in [7, 11) is 3.09. The number of hydrogen-bond acceptors (Lipinski definition) is 6. The van der Waals surface area contributed by atoms with Gasteiger partial charge in [-0.1, -0.05) is 24.3 Å². The van der Waals surface area contributed by atoms with Crippen LogP contribution in [0.3, 0.4) is 0 Å². The third-order valence-electron chi connectivity index (χ3n) is 4.93. The van der Waals surface area contributed by atoms with Crippen molar-refractivity contribution in [3.8, 4) is 11.5 Å².